The molecular weight excluding hydrogens is 289 g/mol. The van der Waals surface area contributed by atoms with Crippen molar-refractivity contribution in [3.05, 3.63) is 66.1 Å². The van der Waals surface area contributed by atoms with Gasteiger partial charge in [-0.15, -0.1) is 0 Å². The number of halogens is 1. The second-order valence-electron chi connectivity index (χ2n) is 6.02. The highest BCUT2D eigenvalue weighted by atomic mass is 19.1. The maximum Gasteiger partial charge on any atom is 0.123 e. The summed E-state index contributed by atoms with van der Waals surface area (Å²) in [6.07, 6.45) is 2.10. The molecule has 1 N–H and O–H groups in total. The van der Waals surface area contributed by atoms with Crippen molar-refractivity contribution in [2.75, 3.05) is 31.1 Å². The molecule has 2 heterocycles. The molecule has 1 aliphatic rings. The number of rotatable bonds is 3. The topological polar surface area (TPSA) is 20.2 Å². The van der Waals surface area contributed by atoms with Crippen molar-refractivity contribution < 1.29 is 4.39 Å². The smallest absolute Gasteiger partial charge is 0.123 e. The van der Waals surface area contributed by atoms with E-state index >= 15 is 0 Å². The van der Waals surface area contributed by atoms with Crippen LogP contribution < -0.4 is 10.2 Å². The zero-order valence-electron chi connectivity index (χ0n) is 13.0. The highest BCUT2D eigenvalue weighted by Gasteiger charge is 2.14. The number of anilines is 1. The van der Waals surface area contributed by atoms with Gasteiger partial charge in [0.15, 0.2) is 0 Å². The van der Waals surface area contributed by atoms with Crippen LogP contribution in [-0.4, -0.2) is 30.7 Å². The maximum absolute atomic E-state index is 13.4. The lowest BCUT2D eigenvalue weighted by Gasteiger charge is -2.30. The Labute approximate surface area is 135 Å². The van der Waals surface area contributed by atoms with Gasteiger partial charge in [-0.2, -0.15) is 0 Å². The van der Waals surface area contributed by atoms with Crippen molar-refractivity contribution >= 4 is 16.6 Å². The van der Waals surface area contributed by atoms with Gasteiger partial charge in [-0.3, -0.25) is 0 Å². The number of hydrogen-bond donors (Lipinski definition) is 1. The predicted octanol–water partition coefficient (Wildman–Crippen LogP) is 3.24. The lowest BCUT2D eigenvalue weighted by molar-refractivity contribution is 0.590. The quantitative estimate of drug-likeness (QED) is 0.801. The molecule has 1 saturated heterocycles. The number of nitrogens with zero attached hydrogens (tertiary/aromatic N) is 2. The molecule has 1 fully saturated rings. The van der Waals surface area contributed by atoms with Gasteiger partial charge in [-0.25, -0.2) is 4.39 Å². The van der Waals surface area contributed by atoms with Crippen LogP contribution in [0.15, 0.2) is 54.7 Å². The van der Waals surface area contributed by atoms with E-state index in [1.165, 1.54) is 22.7 Å². The highest BCUT2D eigenvalue weighted by Crippen LogP contribution is 2.28. The molecule has 1 aromatic heterocycles. The van der Waals surface area contributed by atoms with Crippen molar-refractivity contribution in [3.63, 3.8) is 0 Å². The van der Waals surface area contributed by atoms with Gasteiger partial charge in [0.25, 0.3) is 0 Å². The van der Waals surface area contributed by atoms with Crippen LogP contribution in [0, 0.1) is 5.82 Å². The van der Waals surface area contributed by atoms with Crippen LogP contribution in [-0.2, 0) is 6.54 Å². The molecule has 0 spiro atoms. The van der Waals surface area contributed by atoms with E-state index in [0.29, 0.717) is 6.54 Å². The van der Waals surface area contributed by atoms with Crippen LogP contribution in [0.4, 0.5) is 10.1 Å². The average Bonchev–Trinajstić information content (AvgIpc) is 2.99. The van der Waals surface area contributed by atoms with Crippen LogP contribution in [0.1, 0.15) is 5.56 Å². The minimum atomic E-state index is -0.180. The summed E-state index contributed by atoms with van der Waals surface area (Å²) in [6, 6.07) is 15.4. The molecule has 0 bridgehead atoms. The normalized spacial score (nSPS) is 15.3. The van der Waals surface area contributed by atoms with Gasteiger partial charge in [0.05, 0.1) is 5.52 Å². The predicted molar refractivity (Wildman–Crippen MR) is 92.5 cm³/mol. The molecule has 1 aliphatic heterocycles. The molecule has 0 atom stereocenters. The van der Waals surface area contributed by atoms with E-state index in [1.54, 1.807) is 12.1 Å². The Bertz CT molecular complexity index is 818. The van der Waals surface area contributed by atoms with Gasteiger partial charge >= 0.3 is 0 Å². The number of aromatic nitrogens is 1. The van der Waals surface area contributed by atoms with Gasteiger partial charge in [0.1, 0.15) is 5.82 Å². The van der Waals surface area contributed by atoms with Gasteiger partial charge in [-0.05, 0) is 35.9 Å². The van der Waals surface area contributed by atoms with E-state index in [0.717, 1.165) is 31.7 Å². The molecule has 2 aromatic carbocycles. The first-order chi connectivity index (χ1) is 11.3. The summed E-state index contributed by atoms with van der Waals surface area (Å²) in [5, 5.41) is 4.66. The molecular formula is C19H20FN3. The maximum atomic E-state index is 13.4. The van der Waals surface area contributed by atoms with Gasteiger partial charge in [0, 0.05) is 50.0 Å². The van der Waals surface area contributed by atoms with Crippen molar-refractivity contribution in [3.8, 4) is 0 Å². The number of piperazine rings is 1. The summed E-state index contributed by atoms with van der Waals surface area (Å²) in [5.41, 5.74) is 3.47. The summed E-state index contributed by atoms with van der Waals surface area (Å²) >= 11 is 0. The van der Waals surface area contributed by atoms with Gasteiger partial charge in [0.2, 0.25) is 0 Å². The molecule has 0 amide bonds. The second-order valence-corrected chi connectivity index (χ2v) is 6.02. The molecule has 4 heteroatoms. The van der Waals surface area contributed by atoms with E-state index in [-0.39, 0.29) is 5.82 Å². The summed E-state index contributed by atoms with van der Waals surface area (Å²) in [6.45, 7) is 4.81. The molecule has 0 unspecified atom stereocenters. The van der Waals surface area contributed by atoms with E-state index in [1.807, 2.05) is 6.07 Å². The van der Waals surface area contributed by atoms with E-state index in [4.69, 9.17) is 0 Å². The van der Waals surface area contributed by atoms with Gasteiger partial charge < -0.3 is 14.8 Å². The summed E-state index contributed by atoms with van der Waals surface area (Å²) in [5.74, 6) is -0.180. The van der Waals surface area contributed by atoms with Crippen molar-refractivity contribution in [2.24, 2.45) is 0 Å². The van der Waals surface area contributed by atoms with Gasteiger partial charge in [-0.1, -0.05) is 18.2 Å². The Morgan fingerprint density at radius 3 is 2.65 bits per heavy atom. The second kappa shape index (κ2) is 6.05. The van der Waals surface area contributed by atoms with Crippen molar-refractivity contribution in [1.82, 2.24) is 9.88 Å². The summed E-state index contributed by atoms with van der Waals surface area (Å²) in [7, 11) is 0. The zero-order valence-corrected chi connectivity index (χ0v) is 13.0. The summed E-state index contributed by atoms with van der Waals surface area (Å²) < 4.78 is 15.6. The largest absolute Gasteiger partial charge is 0.368 e. The Morgan fingerprint density at radius 2 is 1.83 bits per heavy atom. The molecule has 3 aromatic rings. The first-order valence-corrected chi connectivity index (χ1v) is 8.09. The lowest BCUT2D eigenvalue weighted by Crippen LogP contribution is -2.43. The fourth-order valence-corrected chi connectivity index (χ4v) is 3.36. The third kappa shape index (κ3) is 2.82. The molecule has 118 valence electrons. The number of benzene rings is 2. The molecule has 0 saturated carbocycles. The number of hydrogen-bond acceptors (Lipinski definition) is 2. The Balaban J connectivity index is 1.69. The monoisotopic (exact) mass is 309 g/mol. The first kappa shape index (κ1) is 14.3. The van der Waals surface area contributed by atoms with Crippen molar-refractivity contribution in [1.29, 1.82) is 0 Å². The van der Waals surface area contributed by atoms with Crippen LogP contribution in [0.25, 0.3) is 10.9 Å². The van der Waals surface area contributed by atoms with E-state index in [2.05, 4.69) is 45.2 Å². The molecule has 23 heavy (non-hydrogen) atoms. The van der Waals surface area contributed by atoms with E-state index in [9.17, 15) is 4.39 Å². The van der Waals surface area contributed by atoms with Crippen molar-refractivity contribution in [2.45, 2.75) is 6.54 Å². The minimum Gasteiger partial charge on any atom is -0.368 e. The number of nitrogens with one attached hydrogen (secondary N) is 1. The zero-order chi connectivity index (χ0) is 15.6. The first-order valence-electron chi connectivity index (χ1n) is 8.09. The molecule has 0 aliphatic carbocycles. The lowest BCUT2D eigenvalue weighted by atomic mass is 10.1. The van der Waals surface area contributed by atoms with Crippen LogP contribution in [0.5, 0.6) is 0 Å². The fraction of sp³-hybridized carbons (Fsp3) is 0.263. The Morgan fingerprint density at radius 1 is 1.00 bits per heavy atom. The average molecular weight is 309 g/mol. The standard InChI is InChI=1S/C19H20FN3/c20-16-4-1-3-15(13-16)14-23-10-7-17-18(5-2-6-19(17)23)22-11-8-21-9-12-22/h1-7,10,13,21H,8-9,11-12,14H2. The Kier molecular flexibility index (Phi) is 3.75. The third-order valence-corrected chi connectivity index (χ3v) is 4.49. The molecule has 3 nitrogen and oxygen atoms in total. The minimum absolute atomic E-state index is 0.180. The molecule has 4 rings (SSSR count). The Hall–Kier alpha value is -2.33. The highest BCUT2D eigenvalue weighted by molar-refractivity contribution is 5.93. The third-order valence-electron chi connectivity index (χ3n) is 4.49. The fourth-order valence-electron chi connectivity index (χ4n) is 3.36. The van der Waals surface area contributed by atoms with Crippen LogP contribution in [0.3, 0.4) is 0 Å². The summed E-state index contributed by atoms with van der Waals surface area (Å²) in [4.78, 5) is 2.44. The number of fused-ring (bicyclic) bond motifs is 1. The van der Waals surface area contributed by atoms with Crippen LogP contribution in [0.2, 0.25) is 0 Å². The SMILES string of the molecule is Fc1cccc(Cn2ccc3c(N4CCNCC4)cccc32)c1. The van der Waals surface area contributed by atoms with Crippen LogP contribution >= 0.6 is 0 Å². The van der Waals surface area contributed by atoms with E-state index < -0.39 is 0 Å². The molecule has 0 radical (unpaired) electrons.